The molecular formula is C17H13N3. The Kier molecular flexibility index (Phi) is 3.30. The summed E-state index contributed by atoms with van der Waals surface area (Å²) in [6.07, 6.45) is 3.61. The quantitative estimate of drug-likeness (QED) is 0.779. The number of rotatable bonds is 3. The predicted octanol–water partition coefficient (Wildman–Crippen LogP) is 3.72. The van der Waals surface area contributed by atoms with Gasteiger partial charge in [0.1, 0.15) is 0 Å². The van der Waals surface area contributed by atoms with Gasteiger partial charge in [0.25, 0.3) is 0 Å². The molecule has 0 spiro atoms. The monoisotopic (exact) mass is 259 g/mol. The highest BCUT2D eigenvalue weighted by molar-refractivity contribution is 5.97. The van der Waals surface area contributed by atoms with Crippen LogP contribution in [0, 0.1) is 11.3 Å². The number of pyridine rings is 1. The van der Waals surface area contributed by atoms with Gasteiger partial charge in [-0.2, -0.15) is 5.26 Å². The van der Waals surface area contributed by atoms with Crippen molar-refractivity contribution in [1.82, 2.24) is 4.98 Å². The van der Waals surface area contributed by atoms with Crippen molar-refractivity contribution in [3.8, 4) is 6.07 Å². The van der Waals surface area contributed by atoms with Crippen LogP contribution in [-0.2, 0) is 6.54 Å². The van der Waals surface area contributed by atoms with Crippen molar-refractivity contribution in [3.05, 3.63) is 72.1 Å². The molecule has 0 fully saturated rings. The Balaban J connectivity index is 1.95. The molecule has 0 radical (unpaired) electrons. The number of nitriles is 1. The SMILES string of the molecule is N#Cc1ccc(NCc2cccnc2)c2ccccc12. The molecular weight excluding hydrogens is 246 g/mol. The maximum Gasteiger partial charge on any atom is 0.0998 e. The minimum Gasteiger partial charge on any atom is -0.380 e. The molecule has 96 valence electrons. The fourth-order valence-electron chi connectivity index (χ4n) is 2.25. The Labute approximate surface area is 117 Å². The van der Waals surface area contributed by atoms with Gasteiger partial charge in [0.15, 0.2) is 0 Å². The van der Waals surface area contributed by atoms with Crippen LogP contribution < -0.4 is 5.32 Å². The molecule has 0 amide bonds. The second-order valence-electron chi connectivity index (χ2n) is 4.53. The van der Waals surface area contributed by atoms with Crippen LogP contribution in [0.2, 0.25) is 0 Å². The summed E-state index contributed by atoms with van der Waals surface area (Å²) in [6.45, 7) is 0.712. The van der Waals surface area contributed by atoms with Gasteiger partial charge in [0.05, 0.1) is 11.6 Å². The van der Waals surface area contributed by atoms with Gasteiger partial charge in [-0.1, -0.05) is 30.3 Å². The molecule has 0 aliphatic rings. The lowest BCUT2D eigenvalue weighted by molar-refractivity contribution is 1.12. The van der Waals surface area contributed by atoms with Crippen molar-refractivity contribution in [1.29, 1.82) is 5.26 Å². The summed E-state index contributed by atoms with van der Waals surface area (Å²) in [5.41, 5.74) is 2.86. The van der Waals surface area contributed by atoms with Crippen molar-refractivity contribution in [2.75, 3.05) is 5.32 Å². The number of benzene rings is 2. The van der Waals surface area contributed by atoms with E-state index in [1.165, 1.54) is 0 Å². The van der Waals surface area contributed by atoms with Crippen LogP contribution >= 0.6 is 0 Å². The Morgan fingerprint density at radius 3 is 2.60 bits per heavy atom. The van der Waals surface area contributed by atoms with Gasteiger partial charge in [-0.05, 0) is 23.8 Å². The minimum absolute atomic E-state index is 0.701. The molecule has 0 aliphatic carbocycles. The number of nitrogens with zero attached hydrogens (tertiary/aromatic N) is 2. The van der Waals surface area contributed by atoms with Gasteiger partial charge in [-0.15, -0.1) is 0 Å². The molecule has 1 aromatic heterocycles. The van der Waals surface area contributed by atoms with E-state index in [-0.39, 0.29) is 0 Å². The van der Waals surface area contributed by atoms with Crippen LogP contribution in [0.3, 0.4) is 0 Å². The summed E-state index contributed by atoms with van der Waals surface area (Å²) >= 11 is 0. The minimum atomic E-state index is 0.701. The van der Waals surface area contributed by atoms with E-state index in [2.05, 4.69) is 16.4 Å². The van der Waals surface area contributed by atoms with E-state index in [4.69, 9.17) is 5.26 Å². The summed E-state index contributed by atoms with van der Waals surface area (Å²) in [4.78, 5) is 4.10. The Morgan fingerprint density at radius 1 is 1.00 bits per heavy atom. The largest absolute Gasteiger partial charge is 0.380 e. The lowest BCUT2D eigenvalue weighted by atomic mass is 10.0. The average molecular weight is 259 g/mol. The highest BCUT2D eigenvalue weighted by Gasteiger charge is 2.04. The molecule has 0 aliphatic heterocycles. The molecule has 3 heteroatoms. The summed E-state index contributed by atoms with van der Waals surface area (Å²) in [5, 5.41) is 14.6. The highest BCUT2D eigenvalue weighted by atomic mass is 14.9. The maximum absolute atomic E-state index is 9.16. The van der Waals surface area contributed by atoms with Crippen molar-refractivity contribution in [3.63, 3.8) is 0 Å². The van der Waals surface area contributed by atoms with Gasteiger partial charge in [0.2, 0.25) is 0 Å². The number of aromatic nitrogens is 1. The summed E-state index contributed by atoms with van der Waals surface area (Å²) in [6, 6.07) is 17.9. The van der Waals surface area contributed by atoms with E-state index in [0.29, 0.717) is 12.1 Å². The zero-order valence-electron chi connectivity index (χ0n) is 10.9. The third-order valence-corrected chi connectivity index (χ3v) is 3.25. The fourth-order valence-corrected chi connectivity index (χ4v) is 2.25. The summed E-state index contributed by atoms with van der Waals surface area (Å²) in [5.74, 6) is 0. The molecule has 1 heterocycles. The Morgan fingerprint density at radius 2 is 1.85 bits per heavy atom. The molecule has 3 nitrogen and oxygen atoms in total. The third-order valence-electron chi connectivity index (χ3n) is 3.25. The molecule has 1 N–H and O–H groups in total. The molecule has 3 rings (SSSR count). The molecule has 0 atom stereocenters. The molecule has 20 heavy (non-hydrogen) atoms. The zero-order chi connectivity index (χ0) is 13.8. The molecule has 0 saturated carbocycles. The van der Waals surface area contributed by atoms with Crippen LogP contribution in [0.25, 0.3) is 10.8 Å². The lowest BCUT2D eigenvalue weighted by Crippen LogP contribution is -2.00. The van der Waals surface area contributed by atoms with Gasteiger partial charge in [-0.3, -0.25) is 4.98 Å². The number of fused-ring (bicyclic) bond motifs is 1. The first kappa shape index (κ1) is 12.2. The first-order valence-electron chi connectivity index (χ1n) is 6.43. The molecule has 3 aromatic rings. The van der Waals surface area contributed by atoms with Gasteiger partial charge in [-0.25, -0.2) is 0 Å². The van der Waals surface area contributed by atoms with Crippen molar-refractivity contribution in [2.24, 2.45) is 0 Å². The second kappa shape index (κ2) is 5.41. The first-order valence-corrected chi connectivity index (χ1v) is 6.43. The smallest absolute Gasteiger partial charge is 0.0998 e. The number of anilines is 1. The maximum atomic E-state index is 9.16. The second-order valence-corrected chi connectivity index (χ2v) is 4.53. The lowest BCUT2D eigenvalue weighted by Gasteiger charge is -2.10. The van der Waals surface area contributed by atoms with E-state index in [1.54, 1.807) is 6.20 Å². The van der Waals surface area contributed by atoms with E-state index >= 15 is 0 Å². The topological polar surface area (TPSA) is 48.7 Å². The van der Waals surface area contributed by atoms with Crippen molar-refractivity contribution >= 4 is 16.5 Å². The molecule has 2 aromatic carbocycles. The zero-order valence-corrected chi connectivity index (χ0v) is 10.9. The molecule has 0 bridgehead atoms. The van der Waals surface area contributed by atoms with Crippen LogP contribution in [0.1, 0.15) is 11.1 Å². The number of hydrogen-bond acceptors (Lipinski definition) is 3. The van der Waals surface area contributed by atoms with Gasteiger partial charge < -0.3 is 5.32 Å². The summed E-state index contributed by atoms with van der Waals surface area (Å²) in [7, 11) is 0. The Bertz CT molecular complexity index is 773. The van der Waals surface area contributed by atoms with Crippen LogP contribution in [0.4, 0.5) is 5.69 Å². The van der Waals surface area contributed by atoms with Crippen LogP contribution in [0.15, 0.2) is 60.9 Å². The Hall–Kier alpha value is -2.86. The van der Waals surface area contributed by atoms with Gasteiger partial charge >= 0.3 is 0 Å². The highest BCUT2D eigenvalue weighted by Crippen LogP contribution is 2.26. The predicted molar refractivity (Wildman–Crippen MR) is 80.2 cm³/mol. The third kappa shape index (κ3) is 2.32. The number of nitrogens with one attached hydrogen (secondary N) is 1. The fraction of sp³-hybridized carbons (Fsp3) is 0.0588. The van der Waals surface area contributed by atoms with Gasteiger partial charge in [0, 0.05) is 35.4 Å². The van der Waals surface area contributed by atoms with Crippen LogP contribution in [0.5, 0.6) is 0 Å². The van der Waals surface area contributed by atoms with E-state index in [9.17, 15) is 0 Å². The van der Waals surface area contributed by atoms with E-state index < -0.39 is 0 Å². The molecule has 0 saturated heterocycles. The molecule has 0 unspecified atom stereocenters. The normalized spacial score (nSPS) is 10.2. The average Bonchev–Trinajstić information content (AvgIpc) is 2.53. The van der Waals surface area contributed by atoms with E-state index in [0.717, 1.165) is 22.0 Å². The standard InChI is InChI=1S/C17H13N3/c18-10-14-7-8-17(16-6-2-1-5-15(14)16)20-12-13-4-3-9-19-11-13/h1-9,11,20H,12H2. The first-order chi connectivity index (χ1) is 9.88. The van der Waals surface area contributed by atoms with Crippen molar-refractivity contribution < 1.29 is 0 Å². The number of hydrogen-bond donors (Lipinski definition) is 1. The van der Waals surface area contributed by atoms with Crippen LogP contribution in [-0.4, -0.2) is 4.98 Å². The van der Waals surface area contributed by atoms with E-state index in [1.807, 2.05) is 54.7 Å². The summed E-state index contributed by atoms with van der Waals surface area (Å²) < 4.78 is 0. The van der Waals surface area contributed by atoms with Crippen molar-refractivity contribution in [2.45, 2.75) is 6.54 Å².